The molecule has 0 saturated carbocycles. The van der Waals surface area contributed by atoms with Gasteiger partial charge in [-0.25, -0.2) is 27.4 Å². The molecule has 140 valence electrons. The maximum absolute atomic E-state index is 12.5. The molecule has 0 radical (unpaired) electrons. The van der Waals surface area contributed by atoms with Crippen LogP contribution in [-0.2, 0) is 23.5 Å². The van der Waals surface area contributed by atoms with E-state index >= 15 is 0 Å². The quantitative estimate of drug-likeness (QED) is 0.476. The zero-order chi connectivity index (χ0) is 19.0. The summed E-state index contributed by atoms with van der Waals surface area (Å²) in [6.45, 7) is 0.264. The lowest BCUT2D eigenvalue weighted by atomic mass is 10.2. The summed E-state index contributed by atoms with van der Waals surface area (Å²) in [6, 6.07) is 4.31. The average Bonchev–Trinajstić information content (AvgIpc) is 3.23. The van der Waals surface area contributed by atoms with Gasteiger partial charge in [0.25, 0.3) is 5.78 Å². The highest BCUT2D eigenvalue weighted by atomic mass is 32.2. The van der Waals surface area contributed by atoms with Crippen LogP contribution >= 0.6 is 0 Å². The van der Waals surface area contributed by atoms with Crippen LogP contribution in [0, 0.1) is 0 Å². The predicted molar refractivity (Wildman–Crippen MR) is 95.7 cm³/mol. The standard InChI is InChI=1S/C16H16N6O4S/c1-21-13-7-12(4-5-14(13)26-16(21)23)27(24,25)20-6-2-3-11-8-17-15-18-10-19-22(15)9-11/h4-5,7-10,20H,2-3,6H2,1H3. The molecular weight excluding hydrogens is 372 g/mol. The van der Waals surface area contributed by atoms with E-state index in [4.69, 9.17) is 4.42 Å². The van der Waals surface area contributed by atoms with Crippen LogP contribution < -0.4 is 10.5 Å². The van der Waals surface area contributed by atoms with E-state index in [1.54, 1.807) is 10.7 Å². The molecule has 0 atom stereocenters. The van der Waals surface area contributed by atoms with Gasteiger partial charge in [0.05, 0.1) is 10.4 Å². The van der Waals surface area contributed by atoms with Crippen LogP contribution in [0.4, 0.5) is 0 Å². The Morgan fingerprint density at radius 1 is 1.26 bits per heavy atom. The number of fused-ring (bicyclic) bond motifs is 2. The Bertz CT molecular complexity index is 1290. The van der Waals surface area contributed by atoms with Crippen LogP contribution in [0.3, 0.4) is 0 Å². The Hall–Kier alpha value is -3.05. The van der Waals surface area contributed by atoms with Crippen molar-refractivity contribution in [1.29, 1.82) is 0 Å². The minimum absolute atomic E-state index is 0.0806. The highest BCUT2D eigenvalue weighted by molar-refractivity contribution is 7.89. The van der Waals surface area contributed by atoms with Gasteiger partial charge in [-0.15, -0.1) is 0 Å². The van der Waals surface area contributed by atoms with Crippen LogP contribution in [0.2, 0.25) is 0 Å². The molecule has 0 unspecified atom stereocenters. The Morgan fingerprint density at radius 3 is 2.96 bits per heavy atom. The van der Waals surface area contributed by atoms with Crippen molar-refractivity contribution in [2.75, 3.05) is 6.54 Å². The fraction of sp³-hybridized carbons (Fsp3) is 0.250. The number of rotatable bonds is 6. The van der Waals surface area contributed by atoms with Crippen LogP contribution in [0.25, 0.3) is 16.9 Å². The van der Waals surface area contributed by atoms with E-state index in [1.165, 1.54) is 36.1 Å². The van der Waals surface area contributed by atoms with Gasteiger partial charge in [0, 0.05) is 26.0 Å². The summed E-state index contributed by atoms with van der Waals surface area (Å²) in [7, 11) is -2.16. The largest absolute Gasteiger partial charge is 0.419 e. The number of nitrogens with one attached hydrogen (secondary N) is 1. The predicted octanol–water partition coefficient (Wildman–Crippen LogP) is 0.480. The molecule has 4 rings (SSSR count). The number of sulfonamides is 1. The molecule has 0 spiro atoms. The van der Waals surface area contributed by atoms with Gasteiger partial charge in [0.2, 0.25) is 10.0 Å². The third kappa shape index (κ3) is 3.34. The first-order valence-corrected chi connectivity index (χ1v) is 9.66. The van der Waals surface area contributed by atoms with Crippen molar-refractivity contribution in [3.8, 4) is 0 Å². The van der Waals surface area contributed by atoms with Gasteiger partial charge in [-0.05, 0) is 36.6 Å². The van der Waals surface area contributed by atoms with Crippen molar-refractivity contribution >= 4 is 26.9 Å². The first-order chi connectivity index (χ1) is 12.9. The molecule has 10 nitrogen and oxygen atoms in total. The van der Waals surface area contributed by atoms with Gasteiger partial charge in [0.15, 0.2) is 5.58 Å². The Kier molecular flexibility index (Phi) is 4.24. The summed E-state index contributed by atoms with van der Waals surface area (Å²) in [5, 5.41) is 4.02. The van der Waals surface area contributed by atoms with Gasteiger partial charge in [0.1, 0.15) is 6.33 Å². The van der Waals surface area contributed by atoms with E-state index in [2.05, 4.69) is 19.8 Å². The SMILES string of the molecule is Cn1c(=O)oc2ccc(S(=O)(=O)NCCCc3cnc4ncnn4c3)cc21. The summed E-state index contributed by atoms with van der Waals surface area (Å²) in [5.74, 6) is -0.0195. The van der Waals surface area contributed by atoms with Gasteiger partial charge < -0.3 is 4.42 Å². The molecule has 1 N–H and O–H groups in total. The summed E-state index contributed by atoms with van der Waals surface area (Å²) >= 11 is 0. The molecule has 0 fully saturated rings. The number of benzene rings is 1. The highest BCUT2D eigenvalue weighted by Crippen LogP contribution is 2.17. The normalized spacial score (nSPS) is 12.2. The molecule has 27 heavy (non-hydrogen) atoms. The zero-order valence-corrected chi connectivity index (χ0v) is 15.2. The van der Waals surface area contributed by atoms with Crippen molar-refractivity contribution in [3.05, 3.63) is 53.0 Å². The van der Waals surface area contributed by atoms with E-state index in [-0.39, 0.29) is 11.4 Å². The molecule has 4 aromatic rings. The van der Waals surface area contributed by atoms with Crippen LogP contribution in [0.5, 0.6) is 0 Å². The van der Waals surface area contributed by atoms with Gasteiger partial charge in [-0.2, -0.15) is 10.1 Å². The van der Waals surface area contributed by atoms with Crippen molar-refractivity contribution < 1.29 is 12.8 Å². The third-order valence-electron chi connectivity index (χ3n) is 4.20. The molecular formula is C16H16N6O4S. The van der Waals surface area contributed by atoms with Gasteiger partial charge in [-0.1, -0.05) is 0 Å². The number of aromatic nitrogens is 5. The lowest BCUT2D eigenvalue weighted by Gasteiger charge is -2.07. The monoisotopic (exact) mass is 388 g/mol. The maximum Gasteiger partial charge on any atom is 0.419 e. The van der Waals surface area contributed by atoms with Crippen LogP contribution in [0.1, 0.15) is 12.0 Å². The van der Waals surface area contributed by atoms with E-state index in [9.17, 15) is 13.2 Å². The molecule has 0 saturated heterocycles. The topological polar surface area (TPSA) is 124 Å². The first kappa shape index (κ1) is 17.4. The second kappa shape index (κ2) is 6.59. The van der Waals surface area contributed by atoms with E-state index in [0.717, 1.165) is 5.56 Å². The number of nitrogens with zero attached hydrogens (tertiary/aromatic N) is 5. The van der Waals surface area contributed by atoms with Crippen molar-refractivity contribution in [2.45, 2.75) is 17.7 Å². The number of oxazole rings is 1. The number of hydrogen-bond acceptors (Lipinski definition) is 7. The molecule has 0 aliphatic rings. The van der Waals surface area contributed by atoms with E-state index in [1.807, 2.05) is 6.20 Å². The first-order valence-electron chi connectivity index (χ1n) is 8.17. The lowest BCUT2D eigenvalue weighted by Crippen LogP contribution is -2.25. The lowest BCUT2D eigenvalue weighted by molar-refractivity contribution is 0.528. The number of aryl methyl sites for hydroxylation is 2. The van der Waals surface area contributed by atoms with Crippen molar-refractivity contribution in [3.63, 3.8) is 0 Å². The third-order valence-corrected chi connectivity index (χ3v) is 5.65. The smallest absolute Gasteiger partial charge is 0.408 e. The summed E-state index contributed by atoms with van der Waals surface area (Å²) in [5.41, 5.74) is 1.70. The fourth-order valence-corrected chi connectivity index (χ4v) is 3.84. The molecule has 0 aliphatic carbocycles. The minimum Gasteiger partial charge on any atom is -0.408 e. The molecule has 3 aromatic heterocycles. The molecule has 1 aromatic carbocycles. The molecule has 0 bridgehead atoms. The van der Waals surface area contributed by atoms with E-state index < -0.39 is 15.8 Å². The molecule has 3 heterocycles. The van der Waals surface area contributed by atoms with Crippen molar-refractivity contribution in [2.24, 2.45) is 7.05 Å². The zero-order valence-electron chi connectivity index (χ0n) is 14.4. The van der Waals surface area contributed by atoms with Gasteiger partial charge in [-0.3, -0.25) is 4.57 Å². The Labute approximate surface area is 153 Å². The molecule has 0 amide bonds. The van der Waals surface area contributed by atoms with Crippen molar-refractivity contribution in [1.82, 2.24) is 28.9 Å². The van der Waals surface area contributed by atoms with Gasteiger partial charge >= 0.3 is 5.76 Å². The average molecular weight is 388 g/mol. The molecule has 0 aliphatic heterocycles. The van der Waals surface area contributed by atoms with E-state index in [0.29, 0.717) is 29.7 Å². The maximum atomic E-state index is 12.5. The Morgan fingerprint density at radius 2 is 2.11 bits per heavy atom. The summed E-state index contributed by atoms with van der Waals surface area (Å²) < 4.78 is 35.4. The van der Waals surface area contributed by atoms with Crippen LogP contribution in [-0.4, -0.2) is 39.1 Å². The fourth-order valence-electron chi connectivity index (χ4n) is 2.74. The second-order valence-electron chi connectivity index (χ2n) is 6.02. The second-order valence-corrected chi connectivity index (χ2v) is 7.79. The Balaban J connectivity index is 1.42. The summed E-state index contributed by atoms with van der Waals surface area (Å²) in [6.07, 6.45) is 6.17. The molecule has 11 heteroatoms. The summed E-state index contributed by atoms with van der Waals surface area (Å²) in [4.78, 5) is 19.7. The highest BCUT2D eigenvalue weighted by Gasteiger charge is 2.16. The minimum atomic E-state index is -3.69. The van der Waals surface area contributed by atoms with Crippen LogP contribution in [0.15, 0.2) is 51.0 Å². The number of hydrogen-bond donors (Lipinski definition) is 1.